The predicted octanol–water partition coefficient (Wildman–Crippen LogP) is 5.89. The van der Waals surface area contributed by atoms with E-state index in [1.54, 1.807) is 5.06 Å². The van der Waals surface area contributed by atoms with E-state index in [2.05, 4.69) is 4.98 Å². The average molecular weight is 476 g/mol. The molecule has 33 heavy (non-hydrogen) atoms. The number of ether oxygens (including phenoxy) is 2. The smallest absolute Gasteiger partial charge is 0.417 e. The molecule has 2 saturated heterocycles. The van der Waals surface area contributed by atoms with Crippen molar-refractivity contribution in [1.82, 2.24) is 10.0 Å². The van der Waals surface area contributed by atoms with E-state index in [0.717, 1.165) is 43.7 Å². The molecule has 5 nitrogen and oxygen atoms in total. The first-order valence-electron chi connectivity index (χ1n) is 10.5. The number of nitrogens with zero attached hydrogens (tertiary/aromatic N) is 2. The molecule has 0 N–H and O–H groups in total. The van der Waals surface area contributed by atoms with Crippen LogP contribution in [-0.4, -0.2) is 35.3 Å². The van der Waals surface area contributed by atoms with Gasteiger partial charge < -0.3 is 14.3 Å². The van der Waals surface area contributed by atoms with Gasteiger partial charge in [0.05, 0.1) is 18.2 Å². The zero-order chi connectivity index (χ0) is 23.8. The molecule has 3 heterocycles. The van der Waals surface area contributed by atoms with E-state index in [9.17, 15) is 26.3 Å². The molecular weight excluding hydrogens is 454 g/mol. The molecule has 2 aromatic rings. The van der Waals surface area contributed by atoms with Gasteiger partial charge in [-0.1, -0.05) is 6.42 Å². The van der Waals surface area contributed by atoms with Crippen LogP contribution in [0.15, 0.2) is 36.5 Å². The summed E-state index contributed by atoms with van der Waals surface area (Å²) in [5.41, 5.74) is -1.68. The third kappa shape index (κ3) is 5.29. The van der Waals surface area contributed by atoms with E-state index in [1.165, 1.54) is 19.2 Å². The third-order valence-corrected chi connectivity index (χ3v) is 5.91. The maximum absolute atomic E-state index is 13.0. The van der Waals surface area contributed by atoms with Crippen molar-refractivity contribution < 1.29 is 40.7 Å². The normalized spacial score (nSPS) is 23.8. The van der Waals surface area contributed by atoms with Crippen LogP contribution in [0.1, 0.15) is 43.2 Å². The summed E-state index contributed by atoms with van der Waals surface area (Å²) < 4.78 is 88.3. The first-order chi connectivity index (χ1) is 15.5. The third-order valence-electron chi connectivity index (χ3n) is 5.91. The van der Waals surface area contributed by atoms with Crippen LogP contribution in [0.5, 0.6) is 17.4 Å². The summed E-state index contributed by atoms with van der Waals surface area (Å²) >= 11 is 0. The quantitative estimate of drug-likeness (QED) is 0.504. The van der Waals surface area contributed by atoms with Crippen molar-refractivity contribution in [2.75, 3.05) is 7.11 Å². The van der Waals surface area contributed by atoms with Crippen LogP contribution in [0.3, 0.4) is 0 Å². The Morgan fingerprint density at radius 2 is 1.52 bits per heavy atom. The Bertz CT molecular complexity index is 950. The summed E-state index contributed by atoms with van der Waals surface area (Å²) in [4.78, 5) is 9.62. The van der Waals surface area contributed by atoms with Gasteiger partial charge in [0.2, 0.25) is 5.88 Å². The summed E-state index contributed by atoms with van der Waals surface area (Å²) in [6, 6.07) is 5.10. The highest BCUT2D eigenvalue weighted by Gasteiger charge is 2.42. The van der Waals surface area contributed by atoms with E-state index in [-0.39, 0.29) is 35.6 Å². The van der Waals surface area contributed by atoms with Gasteiger partial charge in [-0.3, -0.25) is 0 Å². The maximum atomic E-state index is 13.0. The fourth-order valence-electron chi connectivity index (χ4n) is 4.36. The molecule has 2 unspecified atom stereocenters. The van der Waals surface area contributed by atoms with Crippen LogP contribution in [0.25, 0.3) is 0 Å². The number of pyridine rings is 1. The van der Waals surface area contributed by atoms with Crippen LogP contribution in [-0.2, 0) is 12.4 Å². The van der Waals surface area contributed by atoms with E-state index >= 15 is 0 Å². The zero-order valence-electron chi connectivity index (χ0n) is 17.6. The SMILES string of the molecule is COc1cc(C(F)(F)F)ccc1OC1CC2CCCC(C1)N2Oc1ccc(C(F)(F)F)cn1. The molecule has 0 amide bonds. The Balaban J connectivity index is 1.44. The lowest BCUT2D eigenvalue weighted by Crippen LogP contribution is -2.55. The number of piperidine rings is 2. The molecule has 1 aromatic carbocycles. The van der Waals surface area contributed by atoms with Gasteiger partial charge in [-0.25, -0.2) is 4.98 Å². The molecule has 0 saturated carbocycles. The van der Waals surface area contributed by atoms with Crippen molar-refractivity contribution in [2.24, 2.45) is 0 Å². The second-order valence-corrected chi connectivity index (χ2v) is 8.15. The van der Waals surface area contributed by atoms with Crippen molar-refractivity contribution in [3.05, 3.63) is 47.7 Å². The molecule has 11 heteroatoms. The second kappa shape index (κ2) is 8.92. The second-order valence-electron chi connectivity index (χ2n) is 8.15. The highest BCUT2D eigenvalue weighted by molar-refractivity contribution is 5.44. The summed E-state index contributed by atoms with van der Waals surface area (Å²) in [7, 11) is 1.28. The Kier molecular flexibility index (Phi) is 6.35. The van der Waals surface area contributed by atoms with E-state index < -0.39 is 23.5 Å². The number of hydrogen-bond acceptors (Lipinski definition) is 5. The lowest BCUT2D eigenvalue weighted by molar-refractivity contribution is -0.185. The molecule has 4 rings (SSSR count). The molecule has 0 radical (unpaired) electrons. The molecule has 2 aliphatic rings. The Hall–Kier alpha value is -2.69. The fraction of sp³-hybridized carbons (Fsp3) is 0.500. The summed E-state index contributed by atoms with van der Waals surface area (Å²) in [6.45, 7) is 0. The number of aromatic nitrogens is 1. The van der Waals surface area contributed by atoms with E-state index in [1.807, 2.05) is 0 Å². The van der Waals surface area contributed by atoms with Gasteiger partial charge in [-0.2, -0.15) is 26.3 Å². The van der Waals surface area contributed by atoms with Gasteiger partial charge in [0, 0.05) is 37.2 Å². The molecule has 1 aromatic heterocycles. The maximum Gasteiger partial charge on any atom is 0.417 e. The standard InChI is InChI=1S/C22H22F6N2O3/c1-31-19-9-13(21(23,24)25)5-7-18(19)32-17-10-15-3-2-4-16(11-17)30(15)33-20-8-6-14(12-29-20)22(26,27)28/h5-9,12,15-17H,2-4,10-11H2,1H3. The van der Waals surface area contributed by atoms with Gasteiger partial charge in [0.15, 0.2) is 11.5 Å². The number of alkyl halides is 6. The van der Waals surface area contributed by atoms with Crippen LogP contribution in [0.4, 0.5) is 26.3 Å². The number of rotatable bonds is 5. The van der Waals surface area contributed by atoms with Crippen LogP contribution < -0.4 is 14.3 Å². The number of fused-ring (bicyclic) bond motifs is 2. The highest BCUT2D eigenvalue weighted by Crippen LogP contribution is 2.40. The molecule has 180 valence electrons. The van der Waals surface area contributed by atoms with Gasteiger partial charge in [-0.05, 0) is 37.1 Å². The van der Waals surface area contributed by atoms with Crippen molar-refractivity contribution >= 4 is 0 Å². The van der Waals surface area contributed by atoms with Crippen LogP contribution in [0.2, 0.25) is 0 Å². The topological polar surface area (TPSA) is 43.8 Å². The molecule has 2 aliphatic heterocycles. The Labute approximate surface area is 186 Å². The van der Waals surface area contributed by atoms with E-state index in [0.29, 0.717) is 12.8 Å². The average Bonchev–Trinajstić information content (AvgIpc) is 2.73. The lowest BCUT2D eigenvalue weighted by atomic mass is 9.84. The fourth-order valence-corrected chi connectivity index (χ4v) is 4.36. The molecule has 2 fully saturated rings. The monoisotopic (exact) mass is 476 g/mol. The summed E-state index contributed by atoms with van der Waals surface area (Å²) in [6.07, 6.45) is -4.87. The van der Waals surface area contributed by atoms with Gasteiger partial charge in [-0.15, -0.1) is 5.06 Å². The van der Waals surface area contributed by atoms with Gasteiger partial charge >= 0.3 is 12.4 Å². The number of methoxy groups -OCH3 is 1. The molecule has 2 bridgehead atoms. The minimum Gasteiger partial charge on any atom is -0.493 e. The molecule has 0 spiro atoms. The summed E-state index contributed by atoms with van der Waals surface area (Å²) in [5.74, 6) is 0.304. The van der Waals surface area contributed by atoms with Crippen molar-refractivity contribution in [3.63, 3.8) is 0 Å². The largest absolute Gasteiger partial charge is 0.493 e. The number of hydrogen-bond donors (Lipinski definition) is 0. The lowest BCUT2D eigenvalue weighted by Gasteiger charge is -2.46. The zero-order valence-corrected chi connectivity index (χ0v) is 17.6. The Morgan fingerprint density at radius 1 is 0.879 bits per heavy atom. The first-order valence-corrected chi connectivity index (χ1v) is 10.5. The van der Waals surface area contributed by atoms with Crippen molar-refractivity contribution in [2.45, 2.75) is 62.6 Å². The van der Waals surface area contributed by atoms with Gasteiger partial charge in [0.1, 0.15) is 6.10 Å². The minimum atomic E-state index is -4.49. The first kappa shape index (κ1) is 23.5. The predicted molar refractivity (Wildman–Crippen MR) is 105 cm³/mol. The van der Waals surface area contributed by atoms with Crippen molar-refractivity contribution in [3.8, 4) is 17.4 Å². The van der Waals surface area contributed by atoms with E-state index in [4.69, 9.17) is 14.3 Å². The number of hydroxylamine groups is 2. The molecule has 2 atom stereocenters. The Morgan fingerprint density at radius 3 is 2.06 bits per heavy atom. The number of halogens is 6. The van der Waals surface area contributed by atoms with Crippen molar-refractivity contribution in [1.29, 1.82) is 0 Å². The minimum absolute atomic E-state index is 0.00242. The van der Waals surface area contributed by atoms with Crippen LogP contribution >= 0.6 is 0 Å². The van der Waals surface area contributed by atoms with Crippen LogP contribution in [0, 0.1) is 0 Å². The molecule has 0 aliphatic carbocycles. The number of benzene rings is 1. The molecular formula is C22H22F6N2O3. The summed E-state index contributed by atoms with van der Waals surface area (Å²) in [5, 5.41) is 1.77. The highest BCUT2D eigenvalue weighted by atomic mass is 19.4. The van der Waals surface area contributed by atoms with Gasteiger partial charge in [0.25, 0.3) is 0 Å².